The zero-order chi connectivity index (χ0) is 31.6. The highest BCUT2D eigenvalue weighted by Crippen LogP contribution is 2.17. The number of aliphatic hydroxyl groups excluding tert-OH is 2. The van der Waals surface area contributed by atoms with Gasteiger partial charge in [-0.2, -0.15) is 0 Å². The SMILES string of the molecule is NC(=O)CCCCCCCCCCC(O)CCCCCCCCCCCCCC(O)CCCCCCCCCCC(N)=O. The second kappa shape index (κ2) is 33.7. The van der Waals surface area contributed by atoms with E-state index in [0.717, 1.165) is 64.2 Å². The van der Waals surface area contributed by atoms with Gasteiger partial charge in [0.1, 0.15) is 0 Å². The van der Waals surface area contributed by atoms with Crippen molar-refractivity contribution in [2.24, 2.45) is 11.5 Å². The molecule has 2 unspecified atom stereocenters. The summed E-state index contributed by atoms with van der Waals surface area (Å²) < 4.78 is 0. The number of rotatable bonds is 36. The molecule has 0 aromatic heterocycles. The first-order valence-electron chi connectivity index (χ1n) is 18.8. The molecule has 0 radical (unpaired) electrons. The number of unbranched alkanes of at least 4 members (excludes halogenated alkanes) is 24. The molecule has 0 aliphatic carbocycles. The number of hydrogen-bond donors (Lipinski definition) is 4. The fourth-order valence-electron chi connectivity index (χ4n) is 6.12. The molecule has 0 aromatic carbocycles. The van der Waals surface area contributed by atoms with Crippen molar-refractivity contribution in [3.05, 3.63) is 0 Å². The molecule has 0 aromatic rings. The van der Waals surface area contributed by atoms with Gasteiger partial charge in [0.05, 0.1) is 12.2 Å². The van der Waals surface area contributed by atoms with E-state index in [1.165, 1.54) is 135 Å². The van der Waals surface area contributed by atoms with Crippen LogP contribution in [0.25, 0.3) is 0 Å². The van der Waals surface area contributed by atoms with Gasteiger partial charge in [0, 0.05) is 12.8 Å². The minimum atomic E-state index is -0.183. The number of carbonyl (C=O) groups excluding carboxylic acids is 2. The Morgan fingerprint density at radius 1 is 0.326 bits per heavy atom. The third kappa shape index (κ3) is 37.0. The number of amides is 2. The Labute approximate surface area is 266 Å². The molecule has 0 rings (SSSR count). The largest absolute Gasteiger partial charge is 0.393 e. The third-order valence-electron chi connectivity index (χ3n) is 9.00. The van der Waals surface area contributed by atoms with Crippen LogP contribution >= 0.6 is 0 Å². The lowest BCUT2D eigenvalue weighted by atomic mass is 10.0. The number of nitrogens with two attached hydrogens (primary N) is 2. The molecule has 0 spiro atoms. The molecule has 0 heterocycles. The van der Waals surface area contributed by atoms with Crippen molar-refractivity contribution in [2.45, 2.75) is 224 Å². The van der Waals surface area contributed by atoms with Crippen LogP contribution in [0.4, 0.5) is 0 Å². The van der Waals surface area contributed by atoms with E-state index >= 15 is 0 Å². The zero-order valence-corrected chi connectivity index (χ0v) is 28.4. The number of aliphatic hydroxyl groups is 2. The van der Waals surface area contributed by atoms with E-state index < -0.39 is 0 Å². The van der Waals surface area contributed by atoms with E-state index in [2.05, 4.69) is 0 Å². The maximum absolute atomic E-state index is 10.7. The van der Waals surface area contributed by atoms with Gasteiger partial charge in [-0.25, -0.2) is 0 Å². The van der Waals surface area contributed by atoms with Crippen LogP contribution in [0.2, 0.25) is 0 Å². The van der Waals surface area contributed by atoms with E-state index in [-0.39, 0.29) is 24.0 Å². The first-order valence-corrected chi connectivity index (χ1v) is 18.8. The molecule has 0 aliphatic rings. The molecule has 0 saturated carbocycles. The molecule has 6 N–H and O–H groups in total. The van der Waals surface area contributed by atoms with E-state index in [0.29, 0.717) is 12.8 Å². The average molecular weight is 611 g/mol. The summed E-state index contributed by atoms with van der Waals surface area (Å²) in [5, 5.41) is 20.5. The second-order valence-corrected chi connectivity index (χ2v) is 13.4. The van der Waals surface area contributed by atoms with E-state index in [9.17, 15) is 19.8 Å². The Morgan fingerprint density at radius 3 is 0.674 bits per heavy atom. The predicted octanol–water partition coefficient (Wildman–Crippen LogP) is 9.55. The fourth-order valence-corrected chi connectivity index (χ4v) is 6.12. The van der Waals surface area contributed by atoms with Gasteiger partial charge in [-0.3, -0.25) is 9.59 Å². The normalized spacial score (nSPS) is 12.9. The van der Waals surface area contributed by atoms with Gasteiger partial charge in [-0.1, -0.05) is 161 Å². The highest BCUT2D eigenvalue weighted by Gasteiger charge is 2.05. The molecule has 2 amide bonds. The summed E-state index contributed by atoms with van der Waals surface area (Å²) in [6.07, 6.45) is 37.7. The Morgan fingerprint density at radius 2 is 0.488 bits per heavy atom. The van der Waals surface area contributed by atoms with E-state index in [1.807, 2.05) is 0 Å². The average Bonchev–Trinajstić information content (AvgIpc) is 2.97. The maximum atomic E-state index is 10.7. The first-order chi connectivity index (χ1) is 20.9. The summed E-state index contributed by atoms with van der Waals surface area (Å²) in [5.41, 5.74) is 10.3. The van der Waals surface area contributed by atoms with Gasteiger partial charge in [-0.15, -0.1) is 0 Å². The molecule has 6 heteroatoms. The van der Waals surface area contributed by atoms with Gasteiger partial charge in [0.15, 0.2) is 0 Å². The Bertz CT molecular complexity index is 551. The molecule has 2 atom stereocenters. The minimum absolute atomic E-state index is 0.108. The van der Waals surface area contributed by atoms with Crippen molar-refractivity contribution >= 4 is 11.8 Å². The summed E-state index contributed by atoms with van der Waals surface area (Å²) >= 11 is 0. The molecule has 0 aliphatic heterocycles. The molecule has 43 heavy (non-hydrogen) atoms. The topological polar surface area (TPSA) is 127 Å². The Hall–Kier alpha value is -1.14. The molecule has 0 saturated heterocycles. The lowest BCUT2D eigenvalue weighted by Gasteiger charge is -2.10. The standard InChI is InChI=1S/C37H74N2O4/c38-36(42)32-26-20-14-8-6-12-18-24-30-34(40)28-22-16-10-4-2-1-3-5-11-17-23-29-35(41)31-25-19-13-7-9-15-21-27-33-37(39)43/h34-35,40-41H,1-33H2,(H2,38,42)(H2,39,43). The molecule has 0 fully saturated rings. The van der Waals surface area contributed by atoms with Gasteiger partial charge in [-0.05, 0) is 38.5 Å². The molecule has 6 nitrogen and oxygen atoms in total. The van der Waals surface area contributed by atoms with Crippen molar-refractivity contribution < 1.29 is 19.8 Å². The monoisotopic (exact) mass is 611 g/mol. The molecular weight excluding hydrogens is 536 g/mol. The van der Waals surface area contributed by atoms with Crippen LogP contribution in [0.15, 0.2) is 0 Å². The highest BCUT2D eigenvalue weighted by atomic mass is 16.3. The van der Waals surface area contributed by atoms with Crippen molar-refractivity contribution in [3.63, 3.8) is 0 Å². The predicted molar refractivity (Wildman–Crippen MR) is 183 cm³/mol. The van der Waals surface area contributed by atoms with Crippen LogP contribution in [0, 0.1) is 0 Å². The van der Waals surface area contributed by atoms with E-state index in [1.54, 1.807) is 0 Å². The Kier molecular flexibility index (Phi) is 32.9. The Balaban J connectivity index is 3.23. The first kappa shape index (κ1) is 41.9. The number of carbonyl (C=O) groups is 2. The highest BCUT2D eigenvalue weighted by molar-refractivity contribution is 5.73. The third-order valence-corrected chi connectivity index (χ3v) is 9.00. The van der Waals surface area contributed by atoms with Crippen LogP contribution in [-0.4, -0.2) is 34.2 Å². The molecule has 256 valence electrons. The lowest BCUT2D eigenvalue weighted by Crippen LogP contribution is -2.09. The fraction of sp³-hybridized carbons (Fsp3) is 0.946. The minimum Gasteiger partial charge on any atom is -0.393 e. The van der Waals surface area contributed by atoms with E-state index in [4.69, 9.17) is 11.5 Å². The lowest BCUT2D eigenvalue weighted by molar-refractivity contribution is -0.119. The maximum Gasteiger partial charge on any atom is 0.217 e. The molecular formula is C37H74N2O4. The summed E-state index contributed by atoms with van der Waals surface area (Å²) in [6, 6.07) is 0. The van der Waals surface area contributed by atoms with Crippen molar-refractivity contribution in [1.29, 1.82) is 0 Å². The number of primary amides is 2. The van der Waals surface area contributed by atoms with Crippen LogP contribution in [-0.2, 0) is 9.59 Å². The zero-order valence-electron chi connectivity index (χ0n) is 28.4. The van der Waals surface area contributed by atoms with Crippen LogP contribution in [0.3, 0.4) is 0 Å². The quantitative estimate of drug-likeness (QED) is 0.0527. The number of hydrogen-bond acceptors (Lipinski definition) is 4. The van der Waals surface area contributed by atoms with Crippen LogP contribution in [0.5, 0.6) is 0 Å². The van der Waals surface area contributed by atoms with Gasteiger partial charge >= 0.3 is 0 Å². The van der Waals surface area contributed by atoms with Crippen molar-refractivity contribution in [3.8, 4) is 0 Å². The summed E-state index contributed by atoms with van der Waals surface area (Å²) in [6.45, 7) is 0. The summed E-state index contributed by atoms with van der Waals surface area (Å²) in [7, 11) is 0. The second-order valence-electron chi connectivity index (χ2n) is 13.4. The van der Waals surface area contributed by atoms with Gasteiger partial charge in [0.25, 0.3) is 0 Å². The van der Waals surface area contributed by atoms with Crippen LogP contribution < -0.4 is 11.5 Å². The van der Waals surface area contributed by atoms with Gasteiger partial charge in [0.2, 0.25) is 11.8 Å². The summed E-state index contributed by atoms with van der Waals surface area (Å²) in [4.78, 5) is 21.4. The van der Waals surface area contributed by atoms with Crippen molar-refractivity contribution in [1.82, 2.24) is 0 Å². The molecule has 0 bridgehead atoms. The van der Waals surface area contributed by atoms with Gasteiger partial charge < -0.3 is 21.7 Å². The summed E-state index contributed by atoms with van der Waals surface area (Å²) in [5.74, 6) is -0.365. The van der Waals surface area contributed by atoms with Crippen LogP contribution in [0.1, 0.15) is 212 Å². The van der Waals surface area contributed by atoms with Crippen molar-refractivity contribution in [2.75, 3.05) is 0 Å². The smallest absolute Gasteiger partial charge is 0.217 e.